The number of rotatable bonds is 3. The normalized spacial score (nSPS) is 29.8. The molecular formula is C14H18N2O. The fourth-order valence-electron chi connectivity index (χ4n) is 2.76. The molecule has 3 nitrogen and oxygen atoms in total. The number of aliphatic hydroxyl groups excluding tert-OH is 1. The van der Waals surface area contributed by atoms with E-state index < -0.39 is 11.5 Å². The van der Waals surface area contributed by atoms with E-state index in [1.54, 1.807) is 12.3 Å². The molecule has 3 heteroatoms. The molecule has 3 atom stereocenters. The van der Waals surface area contributed by atoms with Gasteiger partial charge in [0.1, 0.15) is 6.10 Å². The third kappa shape index (κ3) is 2.18. The Hall–Kier alpha value is -1.40. The van der Waals surface area contributed by atoms with Crippen LogP contribution in [0.2, 0.25) is 0 Å². The summed E-state index contributed by atoms with van der Waals surface area (Å²) >= 11 is 0. The van der Waals surface area contributed by atoms with E-state index in [-0.39, 0.29) is 0 Å². The van der Waals surface area contributed by atoms with Crippen molar-refractivity contribution in [3.63, 3.8) is 0 Å². The second-order valence-corrected chi connectivity index (χ2v) is 4.94. The first kappa shape index (κ1) is 12.1. The lowest BCUT2D eigenvalue weighted by molar-refractivity contribution is 0.0604. The highest BCUT2D eigenvalue weighted by atomic mass is 16.3. The van der Waals surface area contributed by atoms with E-state index in [2.05, 4.69) is 18.0 Å². The Morgan fingerprint density at radius 2 is 2.47 bits per heavy atom. The van der Waals surface area contributed by atoms with Gasteiger partial charge >= 0.3 is 0 Å². The lowest BCUT2D eigenvalue weighted by Crippen LogP contribution is -2.25. The summed E-state index contributed by atoms with van der Waals surface area (Å²) in [7, 11) is 0. The van der Waals surface area contributed by atoms with Crippen molar-refractivity contribution >= 4 is 0 Å². The molecule has 1 fully saturated rings. The maximum absolute atomic E-state index is 10.4. The van der Waals surface area contributed by atoms with Crippen LogP contribution in [0.3, 0.4) is 0 Å². The van der Waals surface area contributed by atoms with Crippen LogP contribution in [-0.4, -0.2) is 10.1 Å². The maximum atomic E-state index is 10.4. The maximum Gasteiger partial charge on any atom is 0.114 e. The summed E-state index contributed by atoms with van der Waals surface area (Å²) in [6, 6.07) is 7.81. The molecule has 17 heavy (non-hydrogen) atoms. The van der Waals surface area contributed by atoms with Crippen molar-refractivity contribution in [2.45, 2.75) is 38.7 Å². The number of hydrogen-bond donors (Lipinski definition) is 1. The number of aliphatic hydroxyl groups is 1. The summed E-state index contributed by atoms with van der Waals surface area (Å²) in [6.07, 6.45) is 4.59. The monoisotopic (exact) mass is 230 g/mol. The number of nitriles is 1. The average molecular weight is 230 g/mol. The molecule has 1 heterocycles. The van der Waals surface area contributed by atoms with Crippen molar-refractivity contribution in [1.29, 1.82) is 5.26 Å². The fourth-order valence-corrected chi connectivity index (χ4v) is 2.76. The van der Waals surface area contributed by atoms with Crippen LogP contribution in [0, 0.1) is 22.7 Å². The van der Waals surface area contributed by atoms with E-state index in [1.165, 1.54) is 0 Å². The molecule has 1 aliphatic carbocycles. The van der Waals surface area contributed by atoms with Crippen molar-refractivity contribution in [2.75, 3.05) is 0 Å². The van der Waals surface area contributed by atoms with Crippen LogP contribution >= 0.6 is 0 Å². The van der Waals surface area contributed by atoms with Crippen molar-refractivity contribution in [1.82, 2.24) is 4.98 Å². The predicted molar refractivity (Wildman–Crippen MR) is 64.9 cm³/mol. The van der Waals surface area contributed by atoms with Gasteiger partial charge in [0.25, 0.3) is 0 Å². The molecule has 1 aromatic heterocycles. The summed E-state index contributed by atoms with van der Waals surface area (Å²) in [5.41, 5.74) is -0.0134. The van der Waals surface area contributed by atoms with Gasteiger partial charge in [0, 0.05) is 6.20 Å². The van der Waals surface area contributed by atoms with E-state index in [4.69, 9.17) is 0 Å². The van der Waals surface area contributed by atoms with Crippen molar-refractivity contribution in [3.8, 4) is 6.07 Å². The minimum atomic E-state index is -0.759. The van der Waals surface area contributed by atoms with E-state index in [1.807, 2.05) is 12.1 Å². The van der Waals surface area contributed by atoms with Gasteiger partial charge in [-0.3, -0.25) is 4.98 Å². The lowest BCUT2D eigenvalue weighted by Gasteiger charge is -2.26. The molecule has 0 spiro atoms. The molecule has 90 valence electrons. The zero-order chi connectivity index (χ0) is 12.3. The molecule has 2 rings (SSSR count). The second-order valence-electron chi connectivity index (χ2n) is 4.94. The molecule has 0 amide bonds. The standard InChI is InChI=1S/C14H18N2O/c1-2-11-6-7-14(9-11,10-15)13(17)12-5-3-4-8-16-12/h3-5,8,11,13,17H,2,6-7,9H2,1H3. The van der Waals surface area contributed by atoms with Crippen LogP contribution in [-0.2, 0) is 0 Å². The van der Waals surface area contributed by atoms with Gasteiger partial charge in [-0.15, -0.1) is 0 Å². The van der Waals surface area contributed by atoms with E-state index in [0.29, 0.717) is 11.6 Å². The van der Waals surface area contributed by atoms with Crippen LogP contribution in [0.25, 0.3) is 0 Å². The Kier molecular flexibility index (Phi) is 3.44. The fraction of sp³-hybridized carbons (Fsp3) is 0.571. The highest BCUT2D eigenvalue weighted by Gasteiger charge is 2.45. The molecule has 1 aliphatic rings. The topological polar surface area (TPSA) is 56.9 Å². The van der Waals surface area contributed by atoms with Gasteiger partial charge in [0.15, 0.2) is 0 Å². The second kappa shape index (κ2) is 4.85. The third-order valence-corrected chi connectivity index (χ3v) is 3.94. The van der Waals surface area contributed by atoms with Gasteiger partial charge in [0.05, 0.1) is 17.2 Å². The van der Waals surface area contributed by atoms with Crippen LogP contribution in [0.1, 0.15) is 44.4 Å². The number of hydrogen-bond acceptors (Lipinski definition) is 3. The highest BCUT2D eigenvalue weighted by molar-refractivity contribution is 5.17. The summed E-state index contributed by atoms with van der Waals surface area (Å²) in [4.78, 5) is 4.17. The Morgan fingerprint density at radius 1 is 1.65 bits per heavy atom. The molecule has 0 bridgehead atoms. The third-order valence-electron chi connectivity index (χ3n) is 3.94. The zero-order valence-electron chi connectivity index (χ0n) is 10.1. The van der Waals surface area contributed by atoms with Gasteiger partial charge < -0.3 is 5.11 Å². The van der Waals surface area contributed by atoms with Crippen molar-refractivity contribution in [3.05, 3.63) is 30.1 Å². The molecule has 3 unspecified atom stereocenters. The van der Waals surface area contributed by atoms with E-state index in [0.717, 1.165) is 25.7 Å². The first-order valence-electron chi connectivity index (χ1n) is 6.22. The first-order chi connectivity index (χ1) is 8.22. The average Bonchev–Trinajstić information content (AvgIpc) is 2.84. The van der Waals surface area contributed by atoms with E-state index >= 15 is 0 Å². The summed E-state index contributed by atoms with van der Waals surface area (Å²) < 4.78 is 0. The molecule has 0 aromatic carbocycles. The van der Waals surface area contributed by atoms with Crippen LogP contribution in [0.5, 0.6) is 0 Å². The number of pyridine rings is 1. The molecule has 1 saturated carbocycles. The Morgan fingerprint density at radius 3 is 3.00 bits per heavy atom. The number of nitrogens with zero attached hydrogens (tertiary/aromatic N) is 2. The summed E-state index contributed by atoms with van der Waals surface area (Å²) in [5.74, 6) is 0.563. The molecule has 1 aromatic rings. The minimum absolute atomic E-state index is 0.563. The Labute approximate surface area is 102 Å². The Bertz CT molecular complexity index is 412. The lowest BCUT2D eigenvalue weighted by atomic mass is 9.79. The molecule has 0 aliphatic heterocycles. The van der Waals surface area contributed by atoms with Gasteiger partial charge in [-0.05, 0) is 37.3 Å². The Balaban J connectivity index is 2.23. The van der Waals surface area contributed by atoms with Gasteiger partial charge in [0.2, 0.25) is 0 Å². The summed E-state index contributed by atoms with van der Waals surface area (Å²) in [6.45, 7) is 2.14. The minimum Gasteiger partial charge on any atom is -0.385 e. The molecule has 1 N–H and O–H groups in total. The van der Waals surface area contributed by atoms with Crippen LogP contribution in [0.15, 0.2) is 24.4 Å². The quantitative estimate of drug-likeness (QED) is 0.868. The van der Waals surface area contributed by atoms with Crippen molar-refractivity contribution < 1.29 is 5.11 Å². The van der Waals surface area contributed by atoms with Crippen LogP contribution < -0.4 is 0 Å². The molecular weight excluding hydrogens is 212 g/mol. The summed E-state index contributed by atoms with van der Waals surface area (Å²) in [5, 5.41) is 19.8. The van der Waals surface area contributed by atoms with Gasteiger partial charge in [-0.1, -0.05) is 19.4 Å². The smallest absolute Gasteiger partial charge is 0.114 e. The SMILES string of the molecule is CCC1CCC(C#N)(C(O)c2ccccn2)C1. The van der Waals surface area contributed by atoms with Crippen molar-refractivity contribution in [2.24, 2.45) is 11.3 Å². The van der Waals surface area contributed by atoms with Gasteiger partial charge in [-0.2, -0.15) is 5.26 Å². The first-order valence-corrected chi connectivity index (χ1v) is 6.22. The number of aromatic nitrogens is 1. The largest absolute Gasteiger partial charge is 0.385 e. The molecule has 0 saturated heterocycles. The predicted octanol–water partition coefficient (Wildman–Crippen LogP) is 2.84. The van der Waals surface area contributed by atoms with Gasteiger partial charge in [-0.25, -0.2) is 0 Å². The highest BCUT2D eigenvalue weighted by Crippen LogP contribution is 2.49. The van der Waals surface area contributed by atoms with E-state index in [9.17, 15) is 10.4 Å². The van der Waals surface area contributed by atoms with Crippen LogP contribution in [0.4, 0.5) is 0 Å². The zero-order valence-corrected chi connectivity index (χ0v) is 10.1. The molecule has 0 radical (unpaired) electrons.